The van der Waals surface area contributed by atoms with E-state index in [9.17, 15) is 14.7 Å². The summed E-state index contributed by atoms with van der Waals surface area (Å²) < 4.78 is 24.6. The van der Waals surface area contributed by atoms with E-state index < -0.39 is 24.3 Å². The second-order valence-electron chi connectivity index (χ2n) is 11.9. The van der Waals surface area contributed by atoms with Crippen molar-refractivity contribution in [2.24, 2.45) is 5.92 Å². The quantitative estimate of drug-likeness (QED) is 0.106. The number of nitrogens with one attached hydrogen (secondary N) is 1. The highest BCUT2D eigenvalue weighted by molar-refractivity contribution is 7.99. The maximum atomic E-state index is 12.5. The van der Waals surface area contributed by atoms with Gasteiger partial charge in [-0.2, -0.15) is 0 Å². The first-order valence-corrected chi connectivity index (χ1v) is 17.1. The van der Waals surface area contributed by atoms with Gasteiger partial charge in [-0.15, -0.1) is 0 Å². The summed E-state index contributed by atoms with van der Waals surface area (Å²) in [6.45, 7) is 4.85. The number of esters is 1. The number of aliphatic hydroxyl groups excluding tert-OH is 1. The lowest BCUT2D eigenvalue weighted by Gasteiger charge is -2.41. The number of rotatable bonds is 11. The number of benzene rings is 4. The second-order valence-corrected chi connectivity index (χ2v) is 12.9. The highest BCUT2D eigenvalue weighted by Crippen LogP contribution is 2.44. The molecular formula is C39H38N2O7S. The van der Waals surface area contributed by atoms with Crippen LogP contribution in [0.2, 0.25) is 0 Å². The highest BCUT2D eigenvalue weighted by atomic mass is 32.2. The van der Waals surface area contributed by atoms with Crippen LogP contribution in [0.25, 0.3) is 22.6 Å². The fourth-order valence-corrected chi connectivity index (χ4v) is 6.66. The minimum Gasteiger partial charge on any atom is -0.453 e. The predicted molar refractivity (Wildman–Crippen MR) is 187 cm³/mol. The summed E-state index contributed by atoms with van der Waals surface area (Å²) in [5.74, 6) is 0.273. The number of amides is 1. The van der Waals surface area contributed by atoms with E-state index in [1.165, 1.54) is 25.6 Å². The van der Waals surface area contributed by atoms with Crippen LogP contribution in [0, 0.1) is 5.92 Å². The lowest BCUT2D eigenvalue weighted by Crippen LogP contribution is -2.38. The zero-order chi connectivity index (χ0) is 34.3. The summed E-state index contributed by atoms with van der Waals surface area (Å²) >= 11 is 1.50. The fourth-order valence-electron chi connectivity index (χ4n) is 5.67. The smallest absolute Gasteiger partial charge is 0.303 e. The monoisotopic (exact) mass is 678 g/mol. The summed E-state index contributed by atoms with van der Waals surface area (Å²) in [6, 6.07) is 34.9. The van der Waals surface area contributed by atoms with Crippen molar-refractivity contribution in [3.63, 3.8) is 0 Å². The average Bonchev–Trinajstić information content (AvgIpc) is 3.56. The van der Waals surface area contributed by atoms with Crippen molar-refractivity contribution >= 4 is 29.3 Å². The van der Waals surface area contributed by atoms with Crippen molar-refractivity contribution in [1.29, 1.82) is 0 Å². The number of aromatic nitrogens is 1. The van der Waals surface area contributed by atoms with Crippen molar-refractivity contribution in [2.45, 2.75) is 57.2 Å². The molecule has 1 fully saturated rings. The average molecular weight is 679 g/mol. The summed E-state index contributed by atoms with van der Waals surface area (Å²) in [5, 5.41) is 12.9. The first kappa shape index (κ1) is 34.1. The van der Waals surface area contributed by atoms with Crippen LogP contribution in [0.5, 0.6) is 0 Å². The standard InChI is InChI=1S/C39H38N2O7S/c1-24-33(23-49-39-41-34(28-10-6-4-7-11-28)36(48-39)29-12-8-5-9-13-29)46-38(47-35(24)30-16-14-27(22-42)15-17-30)31-18-20-32(21-19-31)40-37(44)25(2)45-26(3)43/h4-21,24-25,33,35,38,42H,22-23H2,1-3H3,(H,40,44). The summed E-state index contributed by atoms with van der Waals surface area (Å²) in [6.07, 6.45) is -2.16. The third kappa shape index (κ3) is 8.29. The molecule has 2 heterocycles. The minimum atomic E-state index is -0.920. The molecule has 0 bridgehead atoms. The van der Waals surface area contributed by atoms with Gasteiger partial charge in [-0.05, 0) is 30.2 Å². The van der Waals surface area contributed by atoms with Crippen LogP contribution in [0.1, 0.15) is 49.9 Å². The van der Waals surface area contributed by atoms with Gasteiger partial charge in [0.15, 0.2) is 18.2 Å². The third-order valence-corrected chi connectivity index (χ3v) is 9.26. The number of hydrogen-bond acceptors (Lipinski definition) is 9. The molecule has 9 nitrogen and oxygen atoms in total. The topological polar surface area (TPSA) is 120 Å². The van der Waals surface area contributed by atoms with Gasteiger partial charge in [-0.1, -0.05) is 116 Å². The van der Waals surface area contributed by atoms with Gasteiger partial charge in [-0.25, -0.2) is 4.98 Å². The number of thioether (sulfide) groups is 1. The van der Waals surface area contributed by atoms with Crippen molar-refractivity contribution in [3.8, 4) is 22.6 Å². The largest absolute Gasteiger partial charge is 0.453 e. The molecule has 0 radical (unpaired) electrons. The molecule has 0 spiro atoms. The van der Waals surface area contributed by atoms with Crippen molar-refractivity contribution in [1.82, 2.24) is 4.98 Å². The summed E-state index contributed by atoms with van der Waals surface area (Å²) in [5.41, 5.74) is 5.82. The number of hydrogen-bond donors (Lipinski definition) is 2. The van der Waals surface area contributed by atoms with E-state index in [4.69, 9.17) is 23.6 Å². The van der Waals surface area contributed by atoms with E-state index in [1.807, 2.05) is 97.1 Å². The molecule has 1 amide bonds. The number of ether oxygens (including phenoxy) is 3. The van der Waals surface area contributed by atoms with Gasteiger partial charge in [0.1, 0.15) is 5.69 Å². The van der Waals surface area contributed by atoms with E-state index in [-0.39, 0.29) is 24.7 Å². The Hall–Kier alpha value is -4.74. The first-order chi connectivity index (χ1) is 23.8. The normalized spacial score (nSPS) is 19.6. The summed E-state index contributed by atoms with van der Waals surface area (Å²) in [7, 11) is 0. The molecule has 49 heavy (non-hydrogen) atoms. The maximum absolute atomic E-state index is 12.5. The Bertz CT molecular complexity index is 1790. The molecule has 1 aromatic heterocycles. The molecule has 6 rings (SSSR count). The molecule has 0 saturated carbocycles. The van der Waals surface area contributed by atoms with E-state index in [1.54, 1.807) is 12.1 Å². The second kappa shape index (κ2) is 15.7. The Kier molecular flexibility index (Phi) is 10.9. The maximum Gasteiger partial charge on any atom is 0.303 e. The molecule has 252 valence electrons. The van der Waals surface area contributed by atoms with Crippen molar-refractivity contribution < 1.29 is 33.3 Å². The third-order valence-electron chi connectivity index (χ3n) is 8.35. The number of anilines is 1. The van der Waals surface area contributed by atoms with Gasteiger partial charge in [0.2, 0.25) is 0 Å². The number of carbonyl (C=O) groups is 2. The lowest BCUT2D eigenvalue weighted by molar-refractivity contribution is -0.268. The molecule has 2 N–H and O–H groups in total. The summed E-state index contributed by atoms with van der Waals surface area (Å²) in [4.78, 5) is 28.6. The number of nitrogens with zero attached hydrogens (tertiary/aromatic N) is 1. The zero-order valence-electron chi connectivity index (χ0n) is 27.4. The minimum absolute atomic E-state index is 0.0396. The van der Waals surface area contributed by atoms with E-state index in [0.29, 0.717) is 22.4 Å². The SMILES string of the molecule is CC(=O)OC(C)C(=O)Nc1ccc(C2OC(CSc3nc(-c4ccccc4)c(-c4ccccc4)o3)C(C)C(c3ccc(CO)cc3)O2)cc1. The predicted octanol–water partition coefficient (Wildman–Crippen LogP) is 7.97. The van der Waals surface area contributed by atoms with Crippen LogP contribution < -0.4 is 5.32 Å². The van der Waals surface area contributed by atoms with Crippen LogP contribution in [0.3, 0.4) is 0 Å². The number of oxazole rings is 1. The van der Waals surface area contributed by atoms with Gasteiger partial charge in [0.25, 0.3) is 11.1 Å². The molecule has 4 aromatic carbocycles. The van der Waals surface area contributed by atoms with Gasteiger partial charge < -0.3 is 29.1 Å². The van der Waals surface area contributed by atoms with E-state index in [0.717, 1.165) is 33.5 Å². The Labute approximate surface area is 289 Å². The number of aliphatic hydroxyl groups is 1. The number of carbonyl (C=O) groups excluding carboxylic acids is 2. The molecule has 0 aliphatic carbocycles. The molecular weight excluding hydrogens is 641 g/mol. The molecule has 1 aliphatic rings. The molecule has 5 unspecified atom stereocenters. The molecule has 1 saturated heterocycles. The first-order valence-electron chi connectivity index (χ1n) is 16.1. The van der Waals surface area contributed by atoms with Crippen LogP contribution >= 0.6 is 11.8 Å². The Balaban J connectivity index is 1.24. The van der Waals surface area contributed by atoms with Crippen LogP contribution in [0.4, 0.5) is 5.69 Å². The van der Waals surface area contributed by atoms with Gasteiger partial charge in [0.05, 0.1) is 18.8 Å². The van der Waals surface area contributed by atoms with Crippen LogP contribution in [-0.4, -0.2) is 39.9 Å². The van der Waals surface area contributed by atoms with Gasteiger partial charge in [-0.3, -0.25) is 9.59 Å². The Morgan fingerprint density at radius 2 is 1.51 bits per heavy atom. The van der Waals surface area contributed by atoms with Crippen molar-refractivity contribution in [3.05, 3.63) is 126 Å². The van der Waals surface area contributed by atoms with Crippen LogP contribution in [-0.2, 0) is 30.4 Å². The Morgan fingerprint density at radius 1 is 0.878 bits per heavy atom. The molecule has 5 aromatic rings. The van der Waals surface area contributed by atoms with E-state index in [2.05, 4.69) is 12.2 Å². The lowest BCUT2D eigenvalue weighted by atomic mass is 9.91. The highest BCUT2D eigenvalue weighted by Gasteiger charge is 2.38. The fraction of sp³-hybridized carbons (Fsp3) is 0.256. The van der Waals surface area contributed by atoms with Crippen molar-refractivity contribution in [2.75, 3.05) is 11.1 Å². The van der Waals surface area contributed by atoms with E-state index >= 15 is 0 Å². The molecule has 1 aliphatic heterocycles. The van der Waals surface area contributed by atoms with Gasteiger partial charge >= 0.3 is 5.97 Å². The molecule has 10 heteroatoms. The zero-order valence-corrected chi connectivity index (χ0v) is 28.3. The Morgan fingerprint density at radius 3 is 2.14 bits per heavy atom. The van der Waals surface area contributed by atoms with Gasteiger partial charge in [0, 0.05) is 41.0 Å². The van der Waals surface area contributed by atoms with Crippen LogP contribution in [0.15, 0.2) is 119 Å². The molecule has 5 atom stereocenters.